The Kier molecular flexibility index (Phi) is 67.1. The predicted octanol–water partition coefficient (Wildman–Crippen LogP) is 10.9. The number of hydrogen-bond acceptors (Lipinski definition) is 7. The number of nitrogens with one attached hydrogen (secondary N) is 2. The molecule has 0 bridgehead atoms. The van der Waals surface area contributed by atoms with Crippen LogP contribution >= 0.6 is 0 Å². The van der Waals surface area contributed by atoms with E-state index in [9.17, 15) is 0 Å². The van der Waals surface area contributed by atoms with Gasteiger partial charge in [-0.25, -0.2) is 0 Å². The lowest BCUT2D eigenvalue weighted by molar-refractivity contribution is -0.858. The summed E-state index contributed by atoms with van der Waals surface area (Å²) in [6, 6.07) is 1.93. The van der Waals surface area contributed by atoms with E-state index in [1.807, 2.05) is 0 Å². The van der Waals surface area contributed by atoms with E-state index in [0.29, 0.717) is 39.6 Å². The molecule has 0 aliphatic heterocycles. The molecule has 0 aliphatic carbocycles. The van der Waals surface area contributed by atoms with E-state index in [4.69, 9.17) is 31.7 Å². The summed E-state index contributed by atoms with van der Waals surface area (Å²) in [6.07, 6.45) is 47.6. The highest BCUT2D eigenvalue weighted by molar-refractivity contribution is 6.61. The van der Waals surface area contributed by atoms with E-state index in [0.717, 1.165) is 43.9 Å². The molecule has 71 heavy (non-hydrogen) atoms. The van der Waals surface area contributed by atoms with Crippen LogP contribution in [0.15, 0.2) is 0 Å². The molecule has 0 aliphatic rings. The fourth-order valence-electron chi connectivity index (χ4n) is 9.97. The molecule has 0 saturated heterocycles. The molecule has 0 fully saturated rings. The van der Waals surface area contributed by atoms with Crippen LogP contribution in [0.5, 0.6) is 0 Å². The molecule has 0 amide bonds. The van der Waals surface area contributed by atoms with Gasteiger partial charge in [-0.15, -0.1) is 0 Å². The van der Waals surface area contributed by atoms with Gasteiger partial charge in [0.15, 0.2) is 0 Å². The Bertz CT molecular complexity index is 869. The molecule has 2 N–H and O–H groups in total. The van der Waals surface area contributed by atoms with Gasteiger partial charge in [0, 0.05) is 51.7 Å². The van der Waals surface area contributed by atoms with Gasteiger partial charge in [-0.2, -0.15) is 7.11 Å². The van der Waals surface area contributed by atoms with Crippen LogP contribution in [-0.4, -0.2) is 106 Å². The first kappa shape index (κ1) is 77.9. The minimum atomic E-state index is -2.48. The largest absolute Gasteiger partial charge is 1.00 e. The van der Waals surface area contributed by atoms with Gasteiger partial charge in [-0.1, -0.05) is 206 Å². The van der Waals surface area contributed by atoms with Gasteiger partial charge in [-0.05, 0) is 79.1 Å². The number of quaternary nitrogens is 2. The number of hydrogen-bond donors (Lipinski definition) is 2. The summed E-state index contributed by atoms with van der Waals surface area (Å²) in [7, 11) is 4.89. The van der Waals surface area contributed by atoms with Crippen LogP contribution in [0.25, 0.3) is 0 Å². The fraction of sp³-hybridized carbons (Fsp3) is 1.00. The van der Waals surface area contributed by atoms with Crippen molar-refractivity contribution in [1.82, 2.24) is 0 Å². The first-order valence-electron chi connectivity index (χ1n) is 30.9. The molecular formula is C59H131ClN2O7Si2. The van der Waals surface area contributed by atoms with E-state index in [-0.39, 0.29) is 12.4 Å². The molecule has 0 spiro atoms. The van der Waals surface area contributed by atoms with E-state index in [2.05, 4.69) is 83.6 Å². The van der Waals surface area contributed by atoms with Crippen molar-refractivity contribution in [3.8, 4) is 0 Å². The maximum absolute atomic E-state index is 8.25. The average Bonchev–Trinajstić information content (AvgIpc) is 3.33. The normalized spacial score (nSPS) is 12.7. The van der Waals surface area contributed by atoms with E-state index >= 15 is 0 Å². The van der Waals surface area contributed by atoms with Gasteiger partial charge in [-0.3, -0.25) is 0 Å². The summed E-state index contributed by atoms with van der Waals surface area (Å²) in [5, 5.41) is 8.25. The third-order valence-corrected chi connectivity index (χ3v) is 20.2. The molecule has 0 rings (SSSR count). The summed E-state index contributed by atoms with van der Waals surface area (Å²) in [5.41, 5.74) is 0. The van der Waals surface area contributed by atoms with Crippen LogP contribution in [0.1, 0.15) is 274 Å². The Labute approximate surface area is 455 Å². The summed E-state index contributed by atoms with van der Waals surface area (Å²) in [5.74, 6) is 1.67. The lowest BCUT2D eigenvalue weighted by atomic mass is 9.92. The third kappa shape index (κ3) is 53.6. The molecule has 0 saturated carbocycles. The van der Waals surface area contributed by atoms with Crippen molar-refractivity contribution in [1.29, 1.82) is 0 Å². The summed E-state index contributed by atoms with van der Waals surface area (Å²) >= 11 is 0. The quantitative estimate of drug-likeness (QED) is 0.0464. The van der Waals surface area contributed by atoms with Crippen LogP contribution in [-0.2, 0) is 26.6 Å². The number of unbranched alkanes of at least 4 members (excludes halogenated alkanes) is 24. The van der Waals surface area contributed by atoms with Gasteiger partial charge in [0.2, 0.25) is 0 Å². The highest BCUT2D eigenvalue weighted by Crippen LogP contribution is 2.27. The fourth-order valence-corrected chi connectivity index (χ4v) is 15.2. The first-order chi connectivity index (χ1) is 34.1. The Morgan fingerprint density at radius 3 is 0.690 bits per heavy atom. The lowest BCUT2D eigenvalue weighted by Gasteiger charge is -2.29. The molecule has 12 heteroatoms. The van der Waals surface area contributed by atoms with Crippen molar-refractivity contribution in [2.24, 2.45) is 11.8 Å². The molecule has 0 aromatic heterocycles. The summed E-state index contributed by atoms with van der Waals surface area (Å²) in [6.45, 7) is 23.5. The highest BCUT2D eigenvalue weighted by Gasteiger charge is 2.40. The van der Waals surface area contributed by atoms with Crippen molar-refractivity contribution in [2.75, 3.05) is 88.0 Å². The summed E-state index contributed by atoms with van der Waals surface area (Å²) < 4.78 is 36.4. The van der Waals surface area contributed by atoms with Crippen LogP contribution < -0.4 is 27.3 Å². The molecule has 0 aromatic rings. The Hall–Kier alpha value is 0.364. The van der Waals surface area contributed by atoms with Crippen LogP contribution in [0.3, 0.4) is 0 Å². The second-order valence-corrected chi connectivity index (χ2v) is 26.5. The Morgan fingerprint density at radius 2 is 0.493 bits per heavy atom. The Morgan fingerprint density at radius 1 is 0.296 bits per heavy atom. The Balaban J connectivity index is -0.000000602. The second-order valence-electron chi connectivity index (χ2n) is 21.0. The molecule has 9 nitrogen and oxygen atoms in total. The molecule has 0 radical (unpaired) electrons. The highest BCUT2D eigenvalue weighted by atomic mass is 35.5. The summed E-state index contributed by atoms with van der Waals surface area (Å²) in [4.78, 5) is 3.13. The number of halogens is 1. The topological polar surface area (TPSA) is 87.3 Å². The van der Waals surface area contributed by atoms with Gasteiger partial charge < -0.3 is 53.9 Å². The smallest absolute Gasteiger partial charge is 0.500 e. The molecule has 434 valence electrons. The zero-order valence-corrected chi connectivity index (χ0v) is 53.3. The average molecular weight is 1070 g/mol. The molecule has 2 unspecified atom stereocenters. The van der Waals surface area contributed by atoms with Crippen molar-refractivity contribution in [3.05, 3.63) is 0 Å². The van der Waals surface area contributed by atoms with E-state index in [1.165, 1.54) is 219 Å². The standard InChI is InChI=1S/2C29H63NO3Si.CH3O.ClH/c2*1-7-11-12-13-14-15-16-17-18-19-20-21-22-24-29(26-27-30(5)6)25-23-28-34(31-8-2,32-9-3)33-10-4;1-2;/h2*29H,7-28H2,1-6H3;1H3;1H/q;;-1;/p+1. The van der Waals surface area contributed by atoms with Crippen molar-refractivity contribution < 1.29 is 53.9 Å². The van der Waals surface area contributed by atoms with Crippen molar-refractivity contribution in [2.45, 2.75) is 286 Å². The zero-order valence-electron chi connectivity index (χ0n) is 50.5. The van der Waals surface area contributed by atoms with Gasteiger partial charge in [0.05, 0.1) is 41.3 Å². The van der Waals surface area contributed by atoms with Gasteiger partial charge in [0.25, 0.3) is 0 Å². The van der Waals surface area contributed by atoms with E-state index in [1.54, 1.807) is 9.80 Å². The van der Waals surface area contributed by atoms with Crippen LogP contribution in [0.2, 0.25) is 12.1 Å². The third-order valence-electron chi connectivity index (χ3n) is 13.9. The first-order valence-corrected chi connectivity index (χ1v) is 34.7. The predicted molar refractivity (Wildman–Crippen MR) is 307 cm³/mol. The van der Waals surface area contributed by atoms with Crippen molar-refractivity contribution in [3.63, 3.8) is 0 Å². The number of rotatable bonds is 54. The van der Waals surface area contributed by atoms with Crippen molar-refractivity contribution >= 4 is 17.6 Å². The van der Waals surface area contributed by atoms with Gasteiger partial charge >= 0.3 is 17.6 Å². The van der Waals surface area contributed by atoms with Crippen LogP contribution in [0, 0.1) is 11.8 Å². The lowest BCUT2D eigenvalue weighted by Crippen LogP contribution is -3.05. The molecule has 0 aromatic carbocycles. The monoisotopic (exact) mass is 1070 g/mol. The molecule has 0 heterocycles. The van der Waals surface area contributed by atoms with E-state index < -0.39 is 17.6 Å². The molecular weight excluding hydrogens is 940 g/mol. The maximum atomic E-state index is 8.25. The second kappa shape index (κ2) is 61.2. The van der Waals surface area contributed by atoms with Gasteiger partial charge in [0.1, 0.15) is 0 Å². The SMILES string of the molecule is CCCCCCCCCCCCCCCC(CCC[Si](OCC)(OCC)OCC)CC[NH+](C)C.CCCCCCCCCCCCCCCC(CCC[Si](OCC)(OCC)OCC)CC[NH+](C)C.C[O-].[Cl-]. The zero-order chi connectivity index (χ0) is 52.7. The van der Waals surface area contributed by atoms with Crippen LogP contribution in [0.4, 0.5) is 0 Å². The maximum Gasteiger partial charge on any atom is 0.500 e. The molecule has 2 atom stereocenters. The minimum Gasteiger partial charge on any atom is -1.00 e. The minimum absolute atomic E-state index is 0.